The Morgan fingerprint density at radius 3 is 1.84 bits per heavy atom. The maximum Gasteiger partial charge on any atom is 0.407 e. The molecule has 0 radical (unpaired) electrons. The van der Waals surface area contributed by atoms with E-state index in [1.807, 2.05) is 36.4 Å². The van der Waals surface area contributed by atoms with E-state index >= 15 is 0 Å². The number of carboxylic acids is 1. The Hall–Kier alpha value is -3.35. The molecular formula is C36H52N2O5. The molecule has 2 amide bonds. The molecule has 0 aliphatic heterocycles. The van der Waals surface area contributed by atoms with Gasteiger partial charge in [-0.05, 0) is 47.9 Å². The first-order valence-corrected chi connectivity index (χ1v) is 16.6. The van der Waals surface area contributed by atoms with Crippen LogP contribution in [0.1, 0.15) is 127 Å². The number of aliphatic carboxylic acids is 1. The third-order valence-corrected chi connectivity index (χ3v) is 8.43. The van der Waals surface area contributed by atoms with Crippen molar-refractivity contribution < 1.29 is 24.2 Å². The molecule has 2 aromatic carbocycles. The van der Waals surface area contributed by atoms with Gasteiger partial charge in [-0.2, -0.15) is 0 Å². The molecular weight excluding hydrogens is 540 g/mol. The lowest BCUT2D eigenvalue weighted by atomic mass is 9.98. The fourth-order valence-corrected chi connectivity index (χ4v) is 5.96. The van der Waals surface area contributed by atoms with Crippen LogP contribution in [-0.2, 0) is 14.3 Å². The summed E-state index contributed by atoms with van der Waals surface area (Å²) >= 11 is 0. The SMILES string of the molecule is CCCCCCCCCCCCCCC(=O)NCCCC[C@H](NC(=O)OCC1c2ccccc2-c2ccccc21)C(=O)O. The highest BCUT2D eigenvalue weighted by atomic mass is 16.5. The normalized spacial score (nSPS) is 12.8. The molecule has 0 unspecified atom stereocenters. The van der Waals surface area contributed by atoms with E-state index in [-0.39, 0.29) is 24.9 Å². The monoisotopic (exact) mass is 592 g/mol. The zero-order valence-corrected chi connectivity index (χ0v) is 26.1. The van der Waals surface area contributed by atoms with Gasteiger partial charge in [0.05, 0.1) is 0 Å². The smallest absolute Gasteiger partial charge is 0.407 e. The van der Waals surface area contributed by atoms with Crippen LogP contribution in [0.4, 0.5) is 4.79 Å². The van der Waals surface area contributed by atoms with Crippen molar-refractivity contribution in [3.05, 3.63) is 59.7 Å². The average molecular weight is 593 g/mol. The molecule has 3 rings (SSSR count). The molecule has 7 nitrogen and oxygen atoms in total. The van der Waals surface area contributed by atoms with E-state index in [9.17, 15) is 19.5 Å². The topological polar surface area (TPSA) is 105 Å². The second-order valence-corrected chi connectivity index (χ2v) is 11.8. The lowest BCUT2D eigenvalue weighted by molar-refractivity contribution is -0.139. The molecule has 3 N–H and O–H groups in total. The zero-order chi connectivity index (χ0) is 30.7. The van der Waals surface area contributed by atoms with Gasteiger partial charge in [-0.15, -0.1) is 0 Å². The maximum atomic E-state index is 12.5. The van der Waals surface area contributed by atoms with E-state index in [1.165, 1.54) is 64.2 Å². The number of carbonyl (C=O) groups excluding carboxylic acids is 2. The van der Waals surface area contributed by atoms with Crippen molar-refractivity contribution in [3.63, 3.8) is 0 Å². The summed E-state index contributed by atoms with van der Waals surface area (Å²) in [5.74, 6) is -1.12. The van der Waals surface area contributed by atoms with E-state index in [1.54, 1.807) is 0 Å². The summed E-state index contributed by atoms with van der Waals surface area (Å²) < 4.78 is 5.50. The lowest BCUT2D eigenvalue weighted by Gasteiger charge is -2.17. The van der Waals surface area contributed by atoms with Crippen LogP contribution >= 0.6 is 0 Å². The van der Waals surface area contributed by atoms with Gasteiger partial charge >= 0.3 is 12.1 Å². The molecule has 0 bridgehead atoms. The number of alkyl carbamates (subject to hydrolysis) is 1. The van der Waals surface area contributed by atoms with Gasteiger partial charge < -0.3 is 20.5 Å². The van der Waals surface area contributed by atoms with Crippen molar-refractivity contribution in [2.45, 2.75) is 122 Å². The van der Waals surface area contributed by atoms with Crippen LogP contribution in [0.3, 0.4) is 0 Å². The minimum Gasteiger partial charge on any atom is -0.480 e. The molecule has 0 saturated carbocycles. The highest BCUT2D eigenvalue weighted by Gasteiger charge is 2.29. The van der Waals surface area contributed by atoms with Crippen molar-refractivity contribution in [1.29, 1.82) is 0 Å². The van der Waals surface area contributed by atoms with E-state index in [4.69, 9.17) is 4.74 Å². The molecule has 43 heavy (non-hydrogen) atoms. The van der Waals surface area contributed by atoms with Crippen LogP contribution in [0.2, 0.25) is 0 Å². The lowest BCUT2D eigenvalue weighted by Crippen LogP contribution is -2.41. The number of benzene rings is 2. The fourth-order valence-electron chi connectivity index (χ4n) is 5.96. The Labute approximate surface area is 258 Å². The van der Waals surface area contributed by atoms with Crippen LogP contribution in [0.25, 0.3) is 11.1 Å². The molecule has 0 spiro atoms. The minimum absolute atomic E-state index is 0.0543. The Morgan fingerprint density at radius 2 is 1.28 bits per heavy atom. The summed E-state index contributed by atoms with van der Waals surface area (Å²) in [5.41, 5.74) is 4.48. The quantitative estimate of drug-likeness (QED) is 0.119. The summed E-state index contributed by atoms with van der Waals surface area (Å²) in [6.07, 6.45) is 16.5. The van der Waals surface area contributed by atoms with Gasteiger partial charge in [-0.3, -0.25) is 4.79 Å². The number of carbonyl (C=O) groups is 3. The molecule has 1 aliphatic carbocycles. The summed E-state index contributed by atoms with van der Waals surface area (Å²) in [7, 11) is 0. The van der Waals surface area contributed by atoms with Crippen LogP contribution in [0, 0.1) is 0 Å². The van der Waals surface area contributed by atoms with Crippen molar-refractivity contribution in [2.24, 2.45) is 0 Å². The third-order valence-electron chi connectivity index (χ3n) is 8.43. The predicted molar refractivity (Wildman–Crippen MR) is 172 cm³/mol. The number of amides is 2. The Bertz CT molecular complexity index is 1090. The van der Waals surface area contributed by atoms with Gasteiger partial charge in [0.1, 0.15) is 12.6 Å². The standard InChI is InChI=1S/C36H52N2O5/c1-2-3-4-5-6-7-8-9-10-11-12-13-25-34(39)37-26-19-18-24-33(35(40)41)38-36(42)43-27-32-30-22-16-14-20-28(30)29-21-15-17-23-31(29)32/h14-17,20-23,32-33H,2-13,18-19,24-27H2,1H3,(H,37,39)(H,38,42)(H,40,41)/t33-/m0/s1. The second-order valence-electron chi connectivity index (χ2n) is 11.8. The van der Waals surface area contributed by atoms with E-state index in [2.05, 4.69) is 29.7 Å². The second kappa shape index (κ2) is 19.8. The largest absolute Gasteiger partial charge is 0.480 e. The van der Waals surface area contributed by atoms with Crippen molar-refractivity contribution >= 4 is 18.0 Å². The van der Waals surface area contributed by atoms with E-state index in [0.29, 0.717) is 25.8 Å². The first kappa shape index (κ1) is 34.1. The average Bonchev–Trinajstić information content (AvgIpc) is 3.33. The summed E-state index contributed by atoms with van der Waals surface area (Å²) in [6.45, 7) is 2.90. The van der Waals surface area contributed by atoms with Gasteiger partial charge in [0.2, 0.25) is 5.91 Å². The molecule has 0 saturated heterocycles. The van der Waals surface area contributed by atoms with Crippen LogP contribution < -0.4 is 10.6 Å². The number of hydrogen-bond acceptors (Lipinski definition) is 4. The van der Waals surface area contributed by atoms with Crippen molar-refractivity contribution in [2.75, 3.05) is 13.2 Å². The molecule has 0 heterocycles. The number of ether oxygens (including phenoxy) is 1. The molecule has 0 aromatic heterocycles. The molecule has 1 aliphatic rings. The number of nitrogens with one attached hydrogen (secondary N) is 2. The van der Waals surface area contributed by atoms with E-state index < -0.39 is 18.1 Å². The fraction of sp³-hybridized carbons (Fsp3) is 0.583. The predicted octanol–water partition coefficient (Wildman–Crippen LogP) is 8.36. The number of carboxylic acid groups (broad SMARTS) is 1. The molecule has 2 aromatic rings. The Kier molecular flexibility index (Phi) is 15.7. The van der Waals surface area contributed by atoms with E-state index in [0.717, 1.165) is 35.1 Å². The maximum absolute atomic E-state index is 12.5. The van der Waals surface area contributed by atoms with Crippen LogP contribution in [-0.4, -0.2) is 42.3 Å². The third kappa shape index (κ3) is 12.0. The van der Waals surface area contributed by atoms with Gasteiger partial charge in [-0.25, -0.2) is 9.59 Å². The van der Waals surface area contributed by atoms with Crippen LogP contribution in [0.15, 0.2) is 48.5 Å². The van der Waals surface area contributed by atoms with Gasteiger partial charge in [0.25, 0.3) is 0 Å². The van der Waals surface area contributed by atoms with Crippen molar-refractivity contribution in [1.82, 2.24) is 10.6 Å². The molecule has 1 atom stereocenters. The zero-order valence-electron chi connectivity index (χ0n) is 26.1. The highest BCUT2D eigenvalue weighted by molar-refractivity contribution is 5.81. The molecule has 0 fully saturated rings. The van der Waals surface area contributed by atoms with Gasteiger partial charge in [0, 0.05) is 18.9 Å². The molecule has 236 valence electrons. The molecule has 7 heteroatoms. The minimum atomic E-state index is -1.09. The first-order valence-electron chi connectivity index (χ1n) is 16.6. The van der Waals surface area contributed by atoms with Gasteiger partial charge in [-0.1, -0.05) is 126 Å². The first-order chi connectivity index (χ1) is 21.0. The number of unbranched alkanes of at least 4 members (excludes halogenated alkanes) is 12. The van der Waals surface area contributed by atoms with Crippen LogP contribution in [0.5, 0.6) is 0 Å². The highest BCUT2D eigenvalue weighted by Crippen LogP contribution is 2.44. The summed E-state index contributed by atoms with van der Waals surface area (Å²) in [6, 6.07) is 15.1. The van der Waals surface area contributed by atoms with Crippen molar-refractivity contribution in [3.8, 4) is 11.1 Å². The summed E-state index contributed by atoms with van der Waals surface area (Å²) in [5, 5.41) is 15.0. The van der Waals surface area contributed by atoms with Gasteiger partial charge in [0.15, 0.2) is 0 Å². The Balaban J connectivity index is 1.22. The summed E-state index contributed by atoms with van der Waals surface area (Å²) in [4.78, 5) is 36.4. The Morgan fingerprint density at radius 1 is 0.744 bits per heavy atom. The number of rotatable bonds is 22. The number of fused-ring (bicyclic) bond motifs is 3. The number of hydrogen-bond donors (Lipinski definition) is 3.